The van der Waals surface area contributed by atoms with Gasteiger partial charge in [-0.25, -0.2) is 9.97 Å². The van der Waals surface area contributed by atoms with Gasteiger partial charge < -0.3 is 5.73 Å². The molecule has 6 nitrogen and oxygen atoms in total. The van der Waals surface area contributed by atoms with Crippen LogP contribution in [0.5, 0.6) is 0 Å². The molecule has 2 N–H and O–H groups in total. The van der Waals surface area contributed by atoms with Gasteiger partial charge in [0.25, 0.3) is 5.95 Å². The molecule has 0 aliphatic rings. The van der Waals surface area contributed by atoms with Crippen LogP contribution in [-0.2, 0) is 0 Å². The maximum absolute atomic E-state index is 8.94. The van der Waals surface area contributed by atoms with Gasteiger partial charge >= 0.3 is 0 Å². The number of benzene rings is 1. The van der Waals surface area contributed by atoms with E-state index in [-0.39, 0.29) is 5.82 Å². The summed E-state index contributed by atoms with van der Waals surface area (Å²) < 4.78 is 1.37. The predicted octanol–water partition coefficient (Wildman–Crippen LogP) is 2.09. The minimum absolute atomic E-state index is 0.238. The van der Waals surface area contributed by atoms with Gasteiger partial charge in [-0.2, -0.15) is 15.0 Å². The number of aromatic nitrogens is 4. The Morgan fingerprint density at radius 2 is 1.95 bits per heavy atom. The molecule has 2 aromatic heterocycles. The molecule has 2 heterocycles. The summed E-state index contributed by atoms with van der Waals surface area (Å²) in [5, 5.41) is 13.0. The Hall–Kier alpha value is -3.20. The van der Waals surface area contributed by atoms with Crippen molar-refractivity contribution in [2.75, 3.05) is 5.73 Å². The topological polar surface area (TPSA) is 93.4 Å². The second kappa shape index (κ2) is 5.06. The first-order valence-electron chi connectivity index (χ1n) is 6.34. The lowest BCUT2D eigenvalue weighted by molar-refractivity contribution is 0.812. The predicted molar refractivity (Wildman–Crippen MR) is 78.5 cm³/mol. The number of rotatable bonds is 2. The first-order chi connectivity index (χ1) is 10.2. The van der Waals surface area contributed by atoms with Crippen LogP contribution < -0.4 is 5.73 Å². The molecule has 0 saturated carbocycles. The quantitative estimate of drug-likeness (QED) is 0.773. The van der Waals surface area contributed by atoms with Crippen molar-refractivity contribution in [1.82, 2.24) is 19.7 Å². The van der Waals surface area contributed by atoms with Crippen LogP contribution in [0.1, 0.15) is 11.3 Å². The number of nitrogen functional groups attached to an aromatic ring is 1. The summed E-state index contributed by atoms with van der Waals surface area (Å²) in [6.07, 6.45) is 1.41. The SMILES string of the molecule is Cc1cc(-c2ccccc2)nc(-n2ncc(C#N)c2N)n1. The van der Waals surface area contributed by atoms with Crippen molar-refractivity contribution < 1.29 is 0 Å². The summed E-state index contributed by atoms with van der Waals surface area (Å²) in [5.74, 6) is 0.593. The first kappa shape index (κ1) is 12.8. The average Bonchev–Trinajstić information content (AvgIpc) is 2.88. The maximum atomic E-state index is 8.94. The van der Waals surface area contributed by atoms with E-state index in [1.54, 1.807) is 0 Å². The Kier molecular flexibility index (Phi) is 3.09. The lowest BCUT2D eigenvalue weighted by Crippen LogP contribution is -2.08. The molecule has 0 aliphatic carbocycles. The van der Waals surface area contributed by atoms with Crippen LogP contribution in [0.4, 0.5) is 5.82 Å². The van der Waals surface area contributed by atoms with E-state index in [0.29, 0.717) is 11.5 Å². The number of hydrogen-bond acceptors (Lipinski definition) is 5. The lowest BCUT2D eigenvalue weighted by Gasteiger charge is -2.07. The molecule has 0 bridgehead atoms. The van der Waals surface area contributed by atoms with Crippen LogP contribution in [0.15, 0.2) is 42.6 Å². The molecule has 3 aromatic rings. The summed E-state index contributed by atoms with van der Waals surface area (Å²) in [7, 11) is 0. The Morgan fingerprint density at radius 1 is 1.19 bits per heavy atom. The van der Waals surface area contributed by atoms with Gasteiger partial charge in [-0.1, -0.05) is 30.3 Å². The fourth-order valence-corrected chi connectivity index (χ4v) is 2.01. The number of nitrogens with zero attached hydrogens (tertiary/aromatic N) is 5. The first-order valence-corrected chi connectivity index (χ1v) is 6.34. The van der Waals surface area contributed by atoms with Gasteiger partial charge in [-0.15, -0.1) is 0 Å². The molecule has 0 unspecified atom stereocenters. The van der Waals surface area contributed by atoms with Crippen molar-refractivity contribution in [1.29, 1.82) is 5.26 Å². The molecule has 0 radical (unpaired) electrons. The van der Waals surface area contributed by atoms with Crippen molar-refractivity contribution in [2.24, 2.45) is 0 Å². The fourth-order valence-electron chi connectivity index (χ4n) is 2.01. The largest absolute Gasteiger partial charge is 0.382 e. The van der Waals surface area contributed by atoms with Crippen molar-refractivity contribution in [3.05, 3.63) is 53.9 Å². The molecular formula is C15H12N6. The number of aryl methyl sites for hydroxylation is 1. The van der Waals surface area contributed by atoms with E-state index in [1.807, 2.05) is 49.4 Å². The minimum Gasteiger partial charge on any atom is -0.382 e. The van der Waals surface area contributed by atoms with Crippen molar-refractivity contribution in [3.8, 4) is 23.3 Å². The summed E-state index contributed by atoms with van der Waals surface area (Å²) in [5.41, 5.74) is 8.75. The van der Waals surface area contributed by atoms with Gasteiger partial charge in [0, 0.05) is 11.3 Å². The molecule has 0 aliphatic heterocycles. The van der Waals surface area contributed by atoms with Crippen LogP contribution in [0.2, 0.25) is 0 Å². The third kappa shape index (κ3) is 2.32. The summed E-state index contributed by atoms with van der Waals surface area (Å²) in [6.45, 7) is 1.88. The Balaban J connectivity index is 2.14. The summed E-state index contributed by atoms with van der Waals surface area (Å²) >= 11 is 0. The molecule has 0 fully saturated rings. The van der Waals surface area contributed by atoms with E-state index < -0.39 is 0 Å². The van der Waals surface area contributed by atoms with E-state index in [0.717, 1.165) is 17.0 Å². The zero-order valence-corrected chi connectivity index (χ0v) is 11.4. The standard InChI is InChI=1S/C15H12N6/c1-10-7-13(11-5-3-2-4-6-11)20-15(19-10)21-14(17)12(8-16)9-18-21/h2-7,9H,17H2,1H3. The molecule has 0 spiro atoms. The van der Waals surface area contributed by atoms with Gasteiger partial charge in [-0.3, -0.25) is 0 Å². The van der Waals surface area contributed by atoms with Crippen molar-refractivity contribution >= 4 is 5.82 Å². The maximum Gasteiger partial charge on any atom is 0.253 e. The van der Waals surface area contributed by atoms with E-state index >= 15 is 0 Å². The Labute approximate surface area is 121 Å². The monoisotopic (exact) mass is 276 g/mol. The second-order valence-electron chi connectivity index (χ2n) is 4.53. The fraction of sp³-hybridized carbons (Fsp3) is 0.0667. The molecule has 3 rings (SSSR count). The zero-order chi connectivity index (χ0) is 14.8. The number of nitrogens with two attached hydrogens (primary N) is 1. The highest BCUT2D eigenvalue weighted by molar-refractivity contribution is 5.60. The highest BCUT2D eigenvalue weighted by Crippen LogP contribution is 2.20. The average molecular weight is 276 g/mol. The summed E-state index contributed by atoms with van der Waals surface area (Å²) in [6, 6.07) is 13.7. The third-order valence-corrected chi connectivity index (χ3v) is 3.03. The van der Waals surface area contributed by atoms with Gasteiger partial charge in [0.1, 0.15) is 17.5 Å². The number of nitriles is 1. The molecule has 0 saturated heterocycles. The molecule has 6 heteroatoms. The number of anilines is 1. The van der Waals surface area contributed by atoms with Crippen LogP contribution >= 0.6 is 0 Å². The molecule has 0 atom stereocenters. The Morgan fingerprint density at radius 3 is 2.62 bits per heavy atom. The van der Waals surface area contributed by atoms with E-state index in [1.165, 1.54) is 10.9 Å². The van der Waals surface area contributed by atoms with Crippen molar-refractivity contribution in [2.45, 2.75) is 6.92 Å². The molecule has 102 valence electrons. The molecular weight excluding hydrogens is 264 g/mol. The molecule has 21 heavy (non-hydrogen) atoms. The highest BCUT2D eigenvalue weighted by Gasteiger charge is 2.12. The summed E-state index contributed by atoms with van der Waals surface area (Å²) in [4.78, 5) is 8.82. The third-order valence-electron chi connectivity index (χ3n) is 3.03. The van der Waals surface area contributed by atoms with E-state index in [9.17, 15) is 0 Å². The van der Waals surface area contributed by atoms with Gasteiger partial charge in [0.15, 0.2) is 0 Å². The van der Waals surface area contributed by atoms with Gasteiger partial charge in [0.05, 0.1) is 11.9 Å². The van der Waals surface area contributed by atoms with Crippen LogP contribution in [0.25, 0.3) is 17.2 Å². The normalized spacial score (nSPS) is 10.3. The van der Waals surface area contributed by atoms with Crippen LogP contribution in [0, 0.1) is 18.3 Å². The Bertz CT molecular complexity index is 829. The van der Waals surface area contributed by atoms with Gasteiger partial charge in [-0.05, 0) is 13.0 Å². The lowest BCUT2D eigenvalue weighted by atomic mass is 10.1. The highest BCUT2D eigenvalue weighted by atomic mass is 15.4. The number of hydrogen-bond donors (Lipinski definition) is 1. The molecule has 0 amide bonds. The zero-order valence-electron chi connectivity index (χ0n) is 11.4. The second-order valence-corrected chi connectivity index (χ2v) is 4.53. The smallest absolute Gasteiger partial charge is 0.253 e. The van der Waals surface area contributed by atoms with Gasteiger partial charge in [0.2, 0.25) is 0 Å². The van der Waals surface area contributed by atoms with Crippen LogP contribution in [0.3, 0.4) is 0 Å². The van der Waals surface area contributed by atoms with Crippen molar-refractivity contribution in [3.63, 3.8) is 0 Å². The van der Waals surface area contributed by atoms with E-state index in [4.69, 9.17) is 11.0 Å². The van der Waals surface area contributed by atoms with Crippen LogP contribution in [-0.4, -0.2) is 19.7 Å². The van der Waals surface area contributed by atoms with E-state index in [2.05, 4.69) is 15.1 Å². The minimum atomic E-state index is 0.238. The molecule has 1 aromatic carbocycles.